The van der Waals surface area contributed by atoms with Gasteiger partial charge in [-0.3, -0.25) is 0 Å². The Morgan fingerprint density at radius 3 is 1.73 bits per heavy atom. The van der Waals surface area contributed by atoms with Crippen molar-refractivity contribution in [2.45, 2.75) is 30.7 Å². The maximum absolute atomic E-state index is 11.9. The Kier molecular flexibility index (Phi) is 3.99. The molecule has 15 heavy (non-hydrogen) atoms. The maximum Gasteiger partial charge on any atom is 0.402 e. The molecule has 0 bridgehead atoms. The van der Waals surface area contributed by atoms with Crippen LogP contribution in [0.5, 0.6) is 0 Å². The van der Waals surface area contributed by atoms with Crippen molar-refractivity contribution < 1.29 is 41.3 Å². The Morgan fingerprint density at radius 1 is 1.13 bits per heavy atom. The first-order valence-corrected chi connectivity index (χ1v) is 3.49. The molecule has 92 valence electrons. The summed E-state index contributed by atoms with van der Waals surface area (Å²) in [4.78, 5) is 0. The van der Waals surface area contributed by atoms with Crippen molar-refractivity contribution >= 4 is 0 Å². The number of rotatable bonds is 3. The molecular weight excluding hydrogens is 234 g/mol. The van der Waals surface area contributed by atoms with Crippen LogP contribution in [-0.2, 0) is 4.74 Å². The molecule has 2 unspecified atom stereocenters. The third-order valence-electron chi connectivity index (χ3n) is 1.58. The van der Waals surface area contributed by atoms with Crippen LogP contribution in [-0.4, -0.2) is 31.4 Å². The number of hydrogen-bond acceptors (Lipinski definition) is 3. The highest BCUT2D eigenvalue weighted by atomic mass is 19.4. The SMILES string of the molecule is COC([O-])(CC([O-])C(F)(F)F)C(F)(F)F. The zero-order chi connectivity index (χ0) is 12.5. The van der Waals surface area contributed by atoms with Crippen molar-refractivity contribution in [1.82, 2.24) is 0 Å². The summed E-state index contributed by atoms with van der Waals surface area (Å²) in [6.45, 7) is 0. The molecule has 0 aliphatic rings. The Hall–Kier alpha value is -0.540. The predicted octanol–water partition coefficient (Wildman–Crippen LogP) is -0.0670. The topological polar surface area (TPSA) is 55.3 Å². The molecule has 3 nitrogen and oxygen atoms in total. The second kappa shape index (κ2) is 4.14. The van der Waals surface area contributed by atoms with E-state index in [1.807, 2.05) is 0 Å². The lowest BCUT2D eigenvalue weighted by Gasteiger charge is -2.44. The fraction of sp³-hybridized carbons (Fsp3) is 1.00. The molecule has 2 atom stereocenters. The molecule has 0 saturated heterocycles. The number of alkyl halides is 6. The molecule has 0 spiro atoms. The van der Waals surface area contributed by atoms with E-state index in [-0.39, 0.29) is 0 Å². The van der Waals surface area contributed by atoms with Crippen LogP contribution < -0.4 is 10.2 Å². The highest BCUT2D eigenvalue weighted by molar-refractivity contribution is 4.80. The lowest BCUT2D eigenvalue weighted by molar-refractivity contribution is -0.626. The summed E-state index contributed by atoms with van der Waals surface area (Å²) in [6, 6.07) is 0. The van der Waals surface area contributed by atoms with Gasteiger partial charge in [0.05, 0.1) is 5.79 Å². The first-order chi connectivity index (χ1) is 6.44. The molecule has 0 aromatic carbocycles. The zero-order valence-electron chi connectivity index (χ0n) is 7.28. The Bertz CT molecular complexity index is 212. The van der Waals surface area contributed by atoms with E-state index in [2.05, 4.69) is 4.74 Å². The normalized spacial score (nSPS) is 19.8. The molecule has 0 heterocycles. The minimum absolute atomic E-state index is 0.295. The second-order valence-corrected chi connectivity index (χ2v) is 2.69. The van der Waals surface area contributed by atoms with E-state index in [0.29, 0.717) is 7.11 Å². The molecule has 0 fully saturated rings. The van der Waals surface area contributed by atoms with Gasteiger partial charge in [-0.2, -0.15) is 26.3 Å². The van der Waals surface area contributed by atoms with Gasteiger partial charge in [-0.15, -0.1) is 0 Å². The fourth-order valence-electron chi connectivity index (χ4n) is 0.675. The highest BCUT2D eigenvalue weighted by Gasteiger charge is 2.48. The molecule has 0 amide bonds. The van der Waals surface area contributed by atoms with Crippen LogP contribution in [0.25, 0.3) is 0 Å². The van der Waals surface area contributed by atoms with Crippen molar-refractivity contribution in [3.63, 3.8) is 0 Å². The molecule has 9 heteroatoms. The lowest BCUT2D eigenvalue weighted by atomic mass is 10.1. The van der Waals surface area contributed by atoms with Crippen LogP contribution in [0.2, 0.25) is 0 Å². The van der Waals surface area contributed by atoms with Crippen LogP contribution in [0.3, 0.4) is 0 Å². The average Bonchev–Trinajstić information content (AvgIpc) is 2.00. The van der Waals surface area contributed by atoms with Crippen LogP contribution >= 0.6 is 0 Å². The van der Waals surface area contributed by atoms with Gasteiger partial charge in [0, 0.05) is 7.11 Å². The van der Waals surface area contributed by atoms with Gasteiger partial charge >= 0.3 is 12.4 Å². The van der Waals surface area contributed by atoms with Crippen molar-refractivity contribution in [1.29, 1.82) is 0 Å². The van der Waals surface area contributed by atoms with E-state index in [0.717, 1.165) is 0 Å². The van der Waals surface area contributed by atoms with Crippen LogP contribution in [0.1, 0.15) is 6.42 Å². The van der Waals surface area contributed by atoms with Crippen molar-refractivity contribution in [2.75, 3.05) is 7.11 Å². The van der Waals surface area contributed by atoms with Gasteiger partial charge in [0.25, 0.3) is 0 Å². The van der Waals surface area contributed by atoms with Crippen molar-refractivity contribution in [2.24, 2.45) is 0 Å². The smallest absolute Gasteiger partial charge is 0.402 e. The summed E-state index contributed by atoms with van der Waals surface area (Å²) in [6.07, 6.45) is -16.9. The molecule has 0 aromatic heterocycles. The van der Waals surface area contributed by atoms with Crippen molar-refractivity contribution in [3.8, 4) is 0 Å². The van der Waals surface area contributed by atoms with Gasteiger partial charge in [0.15, 0.2) is 0 Å². The number of halogens is 6. The van der Waals surface area contributed by atoms with E-state index in [1.54, 1.807) is 0 Å². The standard InChI is InChI=1S/C6H6F6O3/c1-15-4(14,6(10,11)12)2-3(13)5(7,8)9/h3H,2H2,1H3/q-2. The molecular formula is C6H6F6O3-2. The first-order valence-electron chi connectivity index (χ1n) is 3.49. The first kappa shape index (κ1) is 14.5. The molecule has 0 aromatic rings. The van der Waals surface area contributed by atoms with Gasteiger partial charge in [0.1, 0.15) is 0 Å². The summed E-state index contributed by atoms with van der Waals surface area (Å²) in [5.41, 5.74) is 0. The Labute approximate surface area is 80.3 Å². The van der Waals surface area contributed by atoms with Crippen molar-refractivity contribution in [3.05, 3.63) is 0 Å². The lowest BCUT2D eigenvalue weighted by Crippen LogP contribution is -2.62. The highest BCUT2D eigenvalue weighted by Crippen LogP contribution is 2.34. The number of ether oxygens (including phenoxy) is 1. The van der Waals surface area contributed by atoms with Gasteiger partial charge in [-0.1, -0.05) is 0 Å². The molecule has 0 radical (unpaired) electrons. The van der Waals surface area contributed by atoms with Crippen LogP contribution in [0, 0.1) is 0 Å². The van der Waals surface area contributed by atoms with E-state index in [9.17, 15) is 36.6 Å². The summed E-state index contributed by atoms with van der Waals surface area (Å²) >= 11 is 0. The van der Waals surface area contributed by atoms with Crippen LogP contribution in [0.15, 0.2) is 0 Å². The summed E-state index contributed by atoms with van der Waals surface area (Å²) in [7, 11) is 0.295. The minimum atomic E-state index is -5.57. The van der Waals surface area contributed by atoms with Crippen LogP contribution in [0.4, 0.5) is 26.3 Å². The Balaban J connectivity index is 4.74. The van der Waals surface area contributed by atoms with E-state index in [4.69, 9.17) is 0 Å². The maximum atomic E-state index is 11.9. The minimum Gasteiger partial charge on any atom is -0.846 e. The summed E-state index contributed by atoms with van der Waals surface area (Å²) in [5, 5.41) is 21.0. The number of hydrogen-bond donors (Lipinski definition) is 0. The predicted molar refractivity (Wildman–Crippen MR) is 30.3 cm³/mol. The average molecular weight is 240 g/mol. The Morgan fingerprint density at radius 2 is 1.53 bits per heavy atom. The number of methoxy groups -OCH3 is 1. The summed E-state index contributed by atoms with van der Waals surface area (Å²) < 4.78 is 74.0. The third-order valence-corrected chi connectivity index (χ3v) is 1.58. The summed E-state index contributed by atoms with van der Waals surface area (Å²) in [5.74, 6) is -4.32. The van der Waals surface area contributed by atoms with Gasteiger partial charge in [-0.25, -0.2) is 0 Å². The van der Waals surface area contributed by atoms with E-state index < -0.39 is 30.7 Å². The second-order valence-electron chi connectivity index (χ2n) is 2.69. The molecule has 0 aliphatic heterocycles. The van der Waals surface area contributed by atoms with E-state index in [1.165, 1.54) is 0 Å². The largest absolute Gasteiger partial charge is 0.846 e. The molecule has 0 aliphatic carbocycles. The molecule has 0 N–H and O–H groups in total. The molecule has 0 saturated carbocycles. The van der Waals surface area contributed by atoms with Gasteiger partial charge in [-0.05, 0) is 12.5 Å². The quantitative estimate of drug-likeness (QED) is 0.512. The molecule has 0 rings (SSSR count). The third kappa shape index (κ3) is 3.50. The fourth-order valence-corrected chi connectivity index (χ4v) is 0.675. The van der Waals surface area contributed by atoms with E-state index >= 15 is 0 Å². The monoisotopic (exact) mass is 240 g/mol. The zero-order valence-corrected chi connectivity index (χ0v) is 7.28. The van der Waals surface area contributed by atoms with Gasteiger partial charge in [0.2, 0.25) is 0 Å². The van der Waals surface area contributed by atoms with Gasteiger partial charge < -0.3 is 14.9 Å².